The Hall–Kier alpha value is -0.950. The van der Waals surface area contributed by atoms with Gasteiger partial charge in [-0.05, 0) is 42.5 Å². The van der Waals surface area contributed by atoms with Gasteiger partial charge in [0.05, 0.1) is 5.75 Å². The Morgan fingerprint density at radius 3 is 2.42 bits per heavy atom. The molecular formula is C17H26BrFN2O2S. The van der Waals surface area contributed by atoms with Crippen molar-refractivity contribution in [3.63, 3.8) is 0 Å². The molecule has 4 nitrogen and oxygen atoms in total. The van der Waals surface area contributed by atoms with Crippen molar-refractivity contribution in [1.29, 1.82) is 5.41 Å². The van der Waals surface area contributed by atoms with Crippen molar-refractivity contribution in [2.75, 3.05) is 5.75 Å². The lowest BCUT2D eigenvalue weighted by Gasteiger charge is -2.29. The van der Waals surface area contributed by atoms with Crippen LogP contribution < -0.4 is 5.73 Å². The van der Waals surface area contributed by atoms with E-state index in [0.717, 1.165) is 12.8 Å². The molecule has 0 saturated heterocycles. The molecule has 1 aliphatic carbocycles. The van der Waals surface area contributed by atoms with Crippen LogP contribution in [-0.4, -0.2) is 24.8 Å². The molecular weight excluding hydrogens is 395 g/mol. The minimum absolute atomic E-state index is 0.208. The molecule has 2 rings (SSSR count). The van der Waals surface area contributed by atoms with Gasteiger partial charge in [0, 0.05) is 4.47 Å². The Morgan fingerprint density at radius 2 is 1.92 bits per heavy atom. The van der Waals surface area contributed by atoms with Gasteiger partial charge in [0.25, 0.3) is 0 Å². The predicted octanol–water partition coefficient (Wildman–Crippen LogP) is 4.38. The smallest absolute Gasteiger partial charge is 0.163 e. The predicted molar refractivity (Wildman–Crippen MR) is 101 cm³/mol. The molecule has 1 unspecified atom stereocenters. The van der Waals surface area contributed by atoms with Crippen molar-refractivity contribution in [3.05, 3.63) is 34.1 Å². The fourth-order valence-electron chi connectivity index (χ4n) is 3.16. The van der Waals surface area contributed by atoms with Gasteiger partial charge in [-0.2, -0.15) is 0 Å². The highest BCUT2D eigenvalue weighted by atomic mass is 79.9. The summed E-state index contributed by atoms with van der Waals surface area (Å²) in [5, 5.41) is 7.74. The van der Waals surface area contributed by atoms with E-state index >= 15 is 0 Å². The first-order valence-electron chi connectivity index (χ1n) is 8.21. The summed E-state index contributed by atoms with van der Waals surface area (Å²) in [6.07, 6.45) is 2.27. The van der Waals surface area contributed by atoms with Gasteiger partial charge in [-0.25, -0.2) is 12.8 Å². The highest BCUT2D eigenvalue weighted by Gasteiger charge is 2.49. The molecule has 0 aromatic heterocycles. The molecule has 0 spiro atoms. The van der Waals surface area contributed by atoms with Crippen LogP contribution in [0.1, 0.15) is 57.9 Å². The first-order chi connectivity index (χ1) is 11.2. The van der Waals surface area contributed by atoms with E-state index in [1.54, 1.807) is 19.1 Å². The average molecular weight is 421 g/mol. The number of amidine groups is 1. The van der Waals surface area contributed by atoms with E-state index in [1.165, 1.54) is 6.07 Å². The lowest BCUT2D eigenvalue weighted by molar-refractivity contribution is 0.551. The zero-order chi connectivity index (χ0) is 18.5. The Morgan fingerprint density at radius 1 is 1.38 bits per heavy atom. The van der Waals surface area contributed by atoms with Crippen molar-refractivity contribution in [2.24, 2.45) is 5.73 Å². The Labute approximate surface area is 152 Å². The highest BCUT2D eigenvalue weighted by Crippen LogP contribution is 2.39. The molecule has 136 valence electrons. The topological polar surface area (TPSA) is 84.0 Å². The average Bonchev–Trinajstić information content (AvgIpc) is 3.03. The van der Waals surface area contributed by atoms with Crippen molar-refractivity contribution in [3.8, 4) is 0 Å². The van der Waals surface area contributed by atoms with E-state index in [0.29, 0.717) is 22.9 Å². The zero-order valence-corrected chi connectivity index (χ0v) is 16.8. The maximum absolute atomic E-state index is 13.9. The largest absolute Gasteiger partial charge is 0.386 e. The summed E-state index contributed by atoms with van der Waals surface area (Å²) < 4.78 is 39.0. The van der Waals surface area contributed by atoms with Gasteiger partial charge >= 0.3 is 0 Å². The van der Waals surface area contributed by atoms with Crippen LogP contribution in [-0.2, 0) is 9.84 Å². The third-order valence-electron chi connectivity index (χ3n) is 4.46. The molecule has 1 saturated carbocycles. The van der Waals surface area contributed by atoms with Crippen LogP contribution in [0.4, 0.5) is 4.39 Å². The number of sulfone groups is 1. The van der Waals surface area contributed by atoms with Crippen LogP contribution in [0.5, 0.6) is 0 Å². The number of hydrogen-bond donors (Lipinski definition) is 2. The molecule has 3 N–H and O–H groups in total. The molecule has 24 heavy (non-hydrogen) atoms. The maximum atomic E-state index is 13.9. The number of nitrogens with one attached hydrogen (secondary N) is 1. The molecule has 0 heterocycles. The Kier molecular flexibility index (Phi) is 7.41. The number of halogens is 2. The number of benzene rings is 1. The molecule has 1 aliphatic rings. The van der Waals surface area contributed by atoms with E-state index in [2.05, 4.69) is 15.9 Å². The third-order valence-corrected chi connectivity index (χ3v) is 7.71. The van der Waals surface area contributed by atoms with Crippen LogP contribution >= 0.6 is 15.9 Å². The van der Waals surface area contributed by atoms with Gasteiger partial charge in [0.2, 0.25) is 0 Å². The molecule has 1 atom stereocenters. The van der Waals surface area contributed by atoms with Crippen molar-refractivity contribution < 1.29 is 12.8 Å². The minimum Gasteiger partial charge on any atom is -0.386 e. The summed E-state index contributed by atoms with van der Waals surface area (Å²) in [5.41, 5.74) is 5.97. The molecule has 0 aliphatic heterocycles. The highest BCUT2D eigenvalue weighted by molar-refractivity contribution is 9.10. The number of rotatable bonds is 5. The maximum Gasteiger partial charge on any atom is 0.163 e. The van der Waals surface area contributed by atoms with E-state index < -0.39 is 26.3 Å². The second-order valence-electron chi connectivity index (χ2n) is 5.96. The molecule has 0 amide bonds. The molecule has 0 bridgehead atoms. The van der Waals surface area contributed by atoms with Gasteiger partial charge in [-0.3, -0.25) is 5.41 Å². The molecule has 0 radical (unpaired) electrons. The standard InChI is InChI=1S/C15H20BrFN2O2S.C2H6/c1-10(12-8-11(16)4-5-13(12)17)9-22(20,21)15(14(18)19)6-2-3-7-15;1-2/h4-5,8,10H,2-3,6-7,9H2,1H3,(H3,18,19);1-2H3. The fourth-order valence-corrected chi connectivity index (χ4v) is 5.95. The summed E-state index contributed by atoms with van der Waals surface area (Å²) in [5.74, 6) is -1.42. The van der Waals surface area contributed by atoms with E-state index in [9.17, 15) is 12.8 Å². The van der Waals surface area contributed by atoms with Crippen molar-refractivity contribution in [2.45, 2.75) is 57.1 Å². The summed E-state index contributed by atoms with van der Waals surface area (Å²) in [7, 11) is -3.63. The Balaban J connectivity index is 0.00000139. The summed E-state index contributed by atoms with van der Waals surface area (Å²) in [4.78, 5) is 0. The molecule has 7 heteroatoms. The number of hydrogen-bond acceptors (Lipinski definition) is 3. The van der Waals surface area contributed by atoms with Crippen LogP contribution in [0.3, 0.4) is 0 Å². The van der Waals surface area contributed by atoms with Gasteiger partial charge in [-0.15, -0.1) is 0 Å². The third kappa shape index (κ3) is 4.17. The number of nitrogens with two attached hydrogens (primary N) is 1. The van der Waals surface area contributed by atoms with Crippen molar-refractivity contribution in [1.82, 2.24) is 0 Å². The Bertz CT molecular complexity index is 686. The van der Waals surface area contributed by atoms with Gasteiger partial charge in [0.1, 0.15) is 16.4 Å². The van der Waals surface area contributed by atoms with Gasteiger partial charge in [-0.1, -0.05) is 49.5 Å². The molecule has 1 fully saturated rings. The quantitative estimate of drug-likeness (QED) is 0.547. The molecule has 1 aromatic carbocycles. The normalized spacial score (nSPS) is 17.7. The SMILES string of the molecule is CC.CC(CS(=O)(=O)C1(C(=N)N)CCCC1)c1cc(Br)ccc1F. The summed E-state index contributed by atoms with van der Waals surface area (Å²) in [6.45, 7) is 5.69. The monoisotopic (exact) mass is 420 g/mol. The molecule has 1 aromatic rings. The minimum atomic E-state index is -3.63. The first kappa shape index (κ1) is 21.1. The summed E-state index contributed by atoms with van der Waals surface area (Å²) >= 11 is 3.27. The zero-order valence-electron chi connectivity index (χ0n) is 14.4. The van der Waals surface area contributed by atoms with Crippen LogP contribution in [0.2, 0.25) is 0 Å². The van der Waals surface area contributed by atoms with Gasteiger partial charge < -0.3 is 5.73 Å². The van der Waals surface area contributed by atoms with E-state index in [1.807, 2.05) is 13.8 Å². The van der Waals surface area contributed by atoms with Crippen molar-refractivity contribution >= 4 is 31.6 Å². The summed E-state index contributed by atoms with van der Waals surface area (Å²) in [6, 6.07) is 4.50. The van der Waals surface area contributed by atoms with Gasteiger partial charge in [0.15, 0.2) is 9.84 Å². The van der Waals surface area contributed by atoms with Crippen LogP contribution in [0.15, 0.2) is 22.7 Å². The van der Waals surface area contributed by atoms with Crippen LogP contribution in [0.25, 0.3) is 0 Å². The second kappa shape index (κ2) is 8.43. The second-order valence-corrected chi connectivity index (χ2v) is 9.22. The lowest BCUT2D eigenvalue weighted by atomic mass is 10.0. The van der Waals surface area contributed by atoms with E-state index in [-0.39, 0.29) is 11.6 Å². The lowest BCUT2D eigenvalue weighted by Crippen LogP contribution is -2.49. The first-order valence-corrected chi connectivity index (χ1v) is 10.7. The van der Waals surface area contributed by atoms with E-state index in [4.69, 9.17) is 11.1 Å². The fraction of sp³-hybridized carbons (Fsp3) is 0.588. The van der Waals surface area contributed by atoms with Crippen LogP contribution in [0, 0.1) is 11.2 Å².